The van der Waals surface area contributed by atoms with Gasteiger partial charge in [0.15, 0.2) is 0 Å². The van der Waals surface area contributed by atoms with Crippen molar-refractivity contribution in [2.75, 3.05) is 24.8 Å². The number of benzene rings is 2. The minimum atomic E-state index is -2.24. The van der Waals surface area contributed by atoms with Gasteiger partial charge in [-0.3, -0.25) is 0 Å². The number of hydrogen-bond donors (Lipinski definition) is 1. The molecule has 0 aliphatic carbocycles. The Balaban J connectivity index is 2.06. The molecule has 2 aromatic rings. The van der Waals surface area contributed by atoms with Gasteiger partial charge in [-0.25, -0.2) is 0 Å². The number of carbonyl (C=O) groups is 2. The number of nitrogens with one attached hydrogen (secondary N) is 1. The Labute approximate surface area is 179 Å². The van der Waals surface area contributed by atoms with Gasteiger partial charge in [0.25, 0.3) is 0 Å². The van der Waals surface area contributed by atoms with Crippen LogP contribution in [0.1, 0.15) is 35.6 Å². The summed E-state index contributed by atoms with van der Waals surface area (Å²) in [5, 5.41) is 12.2. The number of ether oxygens (including phenoxy) is 1. The number of esters is 1. The molecule has 0 saturated heterocycles. The maximum atomic E-state index is 13.1. The first-order valence-electron chi connectivity index (χ1n) is 10.2. The van der Waals surface area contributed by atoms with Crippen molar-refractivity contribution in [2.24, 2.45) is 0 Å². The van der Waals surface area contributed by atoms with E-state index >= 15 is 0 Å². The van der Waals surface area contributed by atoms with E-state index in [1.165, 1.54) is 0 Å². The number of amides is 1. The molecule has 160 valence electrons. The van der Waals surface area contributed by atoms with Crippen LogP contribution in [0.3, 0.4) is 0 Å². The van der Waals surface area contributed by atoms with Crippen LogP contribution in [0.2, 0.25) is 0 Å². The number of nitriles is 1. The van der Waals surface area contributed by atoms with Gasteiger partial charge < -0.3 is 0 Å². The van der Waals surface area contributed by atoms with Crippen LogP contribution in [0.25, 0.3) is 0 Å². The molecule has 0 aromatic heterocycles. The van der Waals surface area contributed by atoms with Crippen LogP contribution < -0.4 is 5.32 Å². The zero-order valence-corrected chi connectivity index (χ0v) is 19.4. The number of hydrogen-bond acceptors (Lipinski definition) is 4. The molecule has 0 saturated carbocycles. The van der Waals surface area contributed by atoms with Crippen LogP contribution in [0.15, 0.2) is 42.5 Å². The molecule has 30 heavy (non-hydrogen) atoms. The van der Waals surface area contributed by atoms with Crippen LogP contribution in [0, 0.1) is 25.2 Å². The Bertz CT molecular complexity index is 926. The third-order valence-corrected chi connectivity index (χ3v) is 9.18. The summed E-state index contributed by atoms with van der Waals surface area (Å²) in [6.45, 7) is 10.1. The predicted molar refractivity (Wildman–Crippen MR) is 125 cm³/mol. The molecule has 0 spiro atoms. The monoisotopic (exact) mass is 426 g/mol. The molecule has 0 radical (unpaired) electrons. The molecule has 2 aromatic carbocycles. The van der Waals surface area contributed by atoms with Gasteiger partial charge in [0.1, 0.15) is 0 Å². The van der Waals surface area contributed by atoms with E-state index in [4.69, 9.17) is 10.00 Å². The second kappa shape index (κ2) is 10.4. The first-order chi connectivity index (χ1) is 14.2. The van der Waals surface area contributed by atoms with Gasteiger partial charge in [0.05, 0.1) is 0 Å². The molecule has 1 unspecified atom stereocenters. The van der Waals surface area contributed by atoms with Crippen molar-refractivity contribution < 1.29 is 14.3 Å². The Morgan fingerprint density at radius 3 is 2.27 bits per heavy atom. The zero-order valence-electron chi connectivity index (χ0n) is 18.4. The SMILES string of the molecule is CCC(C(=O)Nc1c(C)cc(C#N)cc1C)[PH](C)(C)CC(=O)OCc1ccccc1. The van der Waals surface area contributed by atoms with Crippen molar-refractivity contribution in [3.05, 3.63) is 64.7 Å². The zero-order chi connectivity index (χ0) is 22.3. The Morgan fingerprint density at radius 2 is 1.73 bits per heavy atom. The summed E-state index contributed by atoms with van der Waals surface area (Å²) >= 11 is 0. The summed E-state index contributed by atoms with van der Waals surface area (Å²) in [6.07, 6.45) is 0.947. The molecular weight excluding hydrogens is 395 g/mol. The minimum absolute atomic E-state index is 0.0686. The van der Waals surface area contributed by atoms with Crippen molar-refractivity contribution >= 4 is 24.8 Å². The van der Waals surface area contributed by atoms with E-state index in [0.29, 0.717) is 12.0 Å². The molecule has 1 N–H and O–H groups in total. The fraction of sp³-hybridized carbons (Fsp3) is 0.375. The Morgan fingerprint density at radius 1 is 1.13 bits per heavy atom. The molecule has 2 rings (SSSR count). The first-order valence-corrected chi connectivity index (χ1v) is 13.5. The van der Waals surface area contributed by atoms with E-state index in [-0.39, 0.29) is 30.3 Å². The summed E-state index contributed by atoms with van der Waals surface area (Å²) in [5.74, 6) is -0.326. The summed E-state index contributed by atoms with van der Waals surface area (Å²) in [5.41, 5.74) is 3.76. The second-order valence-electron chi connectivity index (χ2n) is 8.36. The molecule has 1 amide bonds. The maximum absolute atomic E-state index is 13.1. The van der Waals surface area contributed by atoms with E-state index in [1.54, 1.807) is 12.1 Å². The van der Waals surface area contributed by atoms with Gasteiger partial charge in [0, 0.05) is 0 Å². The normalized spacial score (nSPS) is 12.5. The van der Waals surface area contributed by atoms with Gasteiger partial charge in [-0.2, -0.15) is 0 Å². The number of aryl methyl sites for hydroxylation is 2. The molecule has 0 aliphatic heterocycles. The third kappa shape index (κ3) is 6.15. The fourth-order valence-electron chi connectivity index (χ4n) is 3.81. The summed E-state index contributed by atoms with van der Waals surface area (Å²) in [4.78, 5) is 25.6. The predicted octanol–water partition coefficient (Wildman–Crippen LogP) is 4.65. The topological polar surface area (TPSA) is 79.2 Å². The van der Waals surface area contributed by atoms with E-state index in [9.17, 15) is 9.59 Å². The summed E-state index contributed by atoms with van der Waals surface area (Å²) in [7, 11) is -2.24. The van der Waals surface area contributed by atoms with Crippen molar-refractivity contribution in [3.8, 4) is 6.07 Å². The number of nitrogens with zero attached hydrogens (tertiary/aromatic N) is 1. The standard InChI is InChI=1S/C24H31N2O3P/c1-6-21(24(28)26-23-17(2)12-20(14-25)13-18(23)3)30(4,5)16-22(27)29-15-19-10-8-7-9-11-19/h7-13,21,30H,6,15-16H2,1-5H3,(H,26,28). The molecule has 1 atom stereocenters. The molecular formula is C24H31N2O3P. The van der Waals surface area contributed by atoms with E-state index in [2.05, 4.69) is 24.7 Å². The van der Waals surface area contributed by atoms with Crippen molar-refractivity contribution in [1.29, 1.82) is 5.26 Å². The van der Waals surface area contributed by atoms with Gasteiger partial charge in [-0.05, 0) is 0 Å². The first kappa shape index (κ1) is 23.6. The average molecular weight is 426 g/mol. The fourth-order valence-corrected chi connectivity index (χ4v) is 6.79. The van der Waals surface area contributed by atoms with Crippen molar-refractivity contribution in [1.82, 2.24) is 0 Å². The average Bonchev–Trinajstić information content (AvgIpc) is 2.69. The molecule has 0 heterocycles. The van der Waals surface area contributed by atoms with Crippen LogP contribution in [0.5, 0.6) is 0 Å². The second-order valence-corrected chi connectivity index (χ2v) is 13.4. The molecule has 6 heteroatoms. The molecule has 0 aliphatic rings. The van der Waals surface area contributed by atoms with Gasteiger partial charge in [0.2, 0.25) is 0 Å². The van der Waals surface area contributed by atoms with E-state index in [1.807, 2.05) is 51.1 Å². The van der Waals surface area contributed by atoms with Gasteiger partial charge in [-0.15, -0.1) is 0 Å². The van der Waals surface area contributed by atoms with Crippen LogP contribution in [-0.4, -0.2) is 37.0 Å². The van der Waals surface area contributed by atoms with Gasteiger partial charge in [-0.1, -0.05) is 0 Å². The Kier molecular flexibility index (Phi) is 8.15. The van der Waals surface area contributed by atoms with Gasteiger partial charge >= 0.3 is 179 Å². The molecule has 0 fully saturated rings. The van der Waals surface area contributed by atoms with Crippen LogP contribution >= 0.6 is 7.26 Å². The van der Waals surface area contributed by atoms with E-state index in [0.717, 1.165) is 22.4 Å². The number of rotatable bonds is 8. The summed E-state index contributed by atoms with van der Waals surface area (Å²) in [6, 6.07) is 15.2. The Hall–Kier alpha value is -2.70. The van der Waals surface area contributed by atoms with E-state index < -0.39 is 7.26 Å². The summed E-state index contributed by atoms with van der Waals surface area (Å²) < 4.78 is 5.45. The van der Waals surface area contributed by atoms with Crippen molar-refractivity contribution in [3.63, 3.8) is 0 Å². The third-order valence-electron chi connectivity index (χ3n) is 5.42. The van der Waals surface area contributed by atoms with Crippen LogP contribution in [0.4, 0.5) is 5.69 Å². The quantitative estimate of drug-likeness (QED) is 0.492. The van der Waals surface area contributed by atoms with Crippen LogP contribution in [-0.2, 0) is 20.9 Å². The number of carbonyl (C=O) groups excluding carboxylic acids is 2. The van der Waals surface area contributed by atoms with Crippen molar-refractivity contribution in [2.45, 2.75) is 39.5 Å². The molecule has 0 bridgehead atoms. The molecule has 5 nitrogen and oxygen atoms in total. The number of anilines is 1.